The molecular formula is C13H20N2S. The summed E-state index contributed by atoms with van der Waals surface area (Å²) in [5.74, 6) is 1.01. The van der Waals surface area contributed by atoms with Crippen LogP contribution in [0.5, 0.6) is 0 Å². The first-order valence-corrected chi connectivity index (χ1v) is 7.34. The molecule has 0 unspecified atom stereocenters. The molecule has 16 heavy (non-hydrogen) atoms. The molecular weight excluding hydrogens is 216 g/mol. The zero-order chi connectivity index (χ0) is 10.8. The molecule has 3 heteroatoms. The van der Waals surface area contributed by atoms with Gasteiger partial charge >= 0.3 is 0 Å². The van der Waals surface area contributed by atoms with Crippen LogP contribution in [0.2, 0.25) is 0 Å². The smallest absolute Gasteiger partial charge is 0.0360 e. The highest BCUT2D eigenvalue weighted by molar-refractivity contribution is 7.07. The van der Waals surface area contributed by atoms with Gasteiger partial charge in [-0.3, -0.25) is 4.90 Å². The van der Waals surface area contributed by atoms with Crippen molar-refractivity contribution < 1.29 is 0 Å². The van der Waals surface area contributed by atoms with Gasteiger partial charge in [-0.05, 0) is 34.7 Å². The van der Waals surface area contributed by atoms with Crippen LogP contribution in [-0.4, -0.2) is 31.1 Å². The van der Waals surface area contributed by atoms with Crippen LogP contribution in [0.15, 0.2) is 16.8 Å². The van der Waals surface area contributed by atoms with E-state index in [2.05, 4.69) is 27.0 Å². The van der Waals surface area contributed by atoms with Crippen LogP contribution in [0, 0.1) is 5.92 Å². The van der Waals surface area contributed by atoms with Gasteiger partial charge in [-0.1, -0.05) is 12.8 Å². The van der Waals surface area contributed by atoms with E-state index in [4.69, 9.17) is 0 Å². The second kappa shape index (κ2) is 4.86. The third kappa shape index (κ3) is 2.47. The lowest BCUT2D eigenvalue weighted by atomic mass is 10.0. The molecule has 1 N–H and O–H groups in total. The lowest BCUT2D eigenvalue weighted by molar-refractivity contribution is 0.161. The summed E-state index contributed by atoms with van der Waals surface area (Å²) in [5, 5.41) is 8.01. The highest BCUT2D eigenvalue weighted by Crippen LogP contribution is 2.40. The molecule has 2 aliphatic rings. The minimum absolute atomic E-state index is 0.695. The molecule has 2 nitrogen and oxygen atoms in total. The quantitative estimate of drug-likeness (QED) is 0.864. The molecule has 0 radical (unpaired) electrons. The predicted octanol–water partition coefficient (Wildman–Crippen LogP) is 2.49. The molecule has 1 saturated carbocycles. The minimum Gasteiger partial charge on any atom is -0.314 e. The number of hydrogen-bond acceptors (Lipinski definition) is 3. The fraction of sp³-hybridized carbons (Fsp3) is 0.692. The largest absolute Gasteiger partial charge is 0.314 e. The molecule has 1 aromatic heterocycles. The predicted molar refractivity (Wildman–Crippen MR) is 68.8 cm³/mol. The fourth-order valence-corrected chi connectivity index (χ4v) is 3.33. The summed E-state index contributed by atoms with van der Waals surface area (Å²) in [6.45, 7) is 4.75. The minimum atomic E-state index is 0.695. The van der Waals surface area contributed by atoms with Gasteiger partial charge in [0.25, 0.3) is 0 Å². The Balaban J connectivity index is 1.71. The van der Waals surface area contributed by atoms with Gasteiger partial charge in [-0.2, -0.15) is 11.3 Å². The molecule has 1 aromatic rings. The van der Waals surface area contributed by atoms with Crippen LogP contribution in [0.4, 0.5) is 0 Å². The maximum absolute atomic E-state index is 3.44. The van der Waals surface area contributed by atoms with Gasteiger partial charge in [0, 0.05) is 32.2 Å². The second-order valence-electron chi connectivity index (χ2n) is 5.04. The van der Waals surface area contributed by atoms with Gasteiger partial charge in [0.05, 0.1) is 0 Å². The number of rotatable bonds is 4. The average molecular weight is 236 g/mol. The number of nitrogens with one attached hydrogen (secondary N) is 1. The molecule has 3 rings (SSSR count). The first-order valence-electron chi connectivity index (χ1n) is 6.40. The van der Waals surface area contributed by atoms with Crippen molar-refractivity contribution in [2.24, 2.45) is 5.92 Å². The average Bonchev–Trinajstić information content (AvgIpc) is 3.00. The zero-order valence-corrected chi connectivity index (χ0v) is 10.5. The topological polar surface area (TPSA) is 15.3 Å². The molecule has 2 fully saturated rings. The van der Waals surface area contributed by atoms with Crippen LogP contribution in [-0.2, 0) is 0 Å². The highest BCUT2D eigenvalue weighted by atomic mass is 32.1. The Morgan fingerprint density at radius 1 is 1.38 bits per heavy atom. The summed E-state index contributed by atoms with van der Waals surface area (Å²) in [6, 6.07) is 3.01. The Labute approximate surface area is 102 Å². The molecule has 0 spiro atoms. The summed E-state index contributed by atoms with van der Waals surface area (Å²) in [7, 11) is 0. The Hall–Kier alpha value is -0.380. The van der Waals surface area contributed by atoms with Crippen molar-refractivity contribution in [1.29, 1.82) is 0 Å². The van der Waals surface area contributed by atoms with Crippen molar-refractivity contribution in [3.8, 4) is 0 Å². The van der Waals surface area contributed by atoms with Crippen LogP contribution in [0.25, 0.3) is 0 Å². The van der Waals surface area contributed by atoms with Gasteiger partial charge in [-0.25, -0.2) is 0 Å². The zero-order valence-electron chi connectivity index (χ0n) is 9.69. The highest BCUT2D eigenvalue weighted by Gasteiger charge is 2.30. The summed E-state index contributed by atoms with van der Waals surface area (Å²) in [4.78, 5) is 2.68. The normalized spacial score (nSPS) is 24.5. The number of nitrogens with zero attached hydrogens (tertiary/aromatic N) is 1. The van der Waals surface area contributed by atoms with Crippen molar-refractivity contribution in [2.75, 3.05) is 26.2 Å². The Morgan fingerprint density at radius 2 is 2.19 bits per heavy atom. The van der Waals surface area contributed by atoms with E-state index in [1.165, 1.54) is 32.4 Å². The van der Waals surface area contributed by atoms with E-state index in [-0.39, 0.29) is 0 Å². The number of hydrogen-bond donors (Lipinski definition) is 1. The molecule has 0 amide bonds. The van der Waals surface area contributed by atoms with Crippen molar-refractivity contribution in [2.45, 2.75) is 25.3 Å². The van der Waals surface area contributed by atoms with Crippen molar-refractivity contribution >= 4 is 11.3 Å². The maximum atomic E-state index is 3.44. The summed E-state index contributed by atoms with van der Waals surface area (Å²) in [5.41, 5.74) is 1.55. The van der Waals surface area contributed by atoms with E-state index in [0.717, 1.165) is 19.0 Å². The van der Waals surface area contributed by atoms with E-state index in [9.17, 15) is 0 Å². The van der Waals surface area contributed by atoms with Gasteiger partial charge in [-0.15, -0.1) is 0 Å². The molecule has 88 valence electrons. The van der Waals surface area contributed by atoms with Crippen molar-refractivity contribution in [3.63, 3.8) is 0 Å². The van der Waals surface area contributed by atoms with E-state index in [1.54, 1.807) is 5.56 Å². The summed E-state index contributed by atoms with van der Waals surface area (Å²) >= 11 is 1.84. The van der Waals surface area contributed by atoms with E-state index >= 15 is 0 Å². The molecule has 1 saturated heterocycles. The van der Waals surface area contributed by atoms with Crippen LogP contribution in [0.1, 0.15) is 30.9 Å². The monoisotopic (exact) mass is 236 g/mol. The van der Waals surface area contributed by atoms with Crippen molar-refractivity contribution in [3.05, 3.63) is 22.4 Å². The lowest BCUT2D eigenvalue weighted by Crippen LogP contribution is -2.45. The van der Waals surface area contributed by atoms with Gasteiger partial charge < -0.3 is 5.32 Å². The lowest BCUT2D eigenvalue weighted by Gasteiger charge is -2.35. The Bertz CT molecular complexity index is 313. The fourth-order valence-electron chi connectivity index (χ4n) is 2.62. The first-order chi connectivity index (χ1) is 7.93. The van der Waals surface area contributed by atoms with Gasteiger partial charge in [0.15, 0.2) is 0 Å². The number of thiophene rings is 1. The molecule has 1 aliphatic heterocycles. The van der Waals surface area contributed by atoms with E-state index < -0.39 is 0 Å². The molecule has 2 heterocycles. The summed E-state index contributed by atoms with van der Waals surface area (Å²) in [6.07, 6.45) is 4.32. The Morgan fingerprint density at radius 3 is 2.81 bits per heavy atom. The second-order valence-corrected chi connectivity index (χ2v) is 5.82. The van der Waals surface area contributed by atoms with Gasteiger partial charge in [0.1, 0.15) is 0 Å². The standard InChI is InChI=1S/C13H20N2S/c1-2-11(1)9-13(12-3-8-16-10-12)15-6-4-14-5-7-15/h3,8,10-11,13-14H,1-2,4-7,9H2/t13-/m0/s1. The molecule has 0 aromatic carbocycles. The summed E-state index contributed by atoms with van der Waals surface area (Å²) < 4.78 is 0. The van der Waals surface area contributed by atoms with E-state index in [0.29, 0.717) is 6.04 Å². The van der Waals surface area contributed by atoms with Crippen LogP contribution in [0.3, 0.4) is 0 Å². The third-order valence-corrected chi connectivity index (χ3v) is 4.48. The third-order valence-electron chi connectivity index (χ3n) is 3.77. The van der Waals surface area contributed by atoms with Crippen molar-refractivity contribution in [1.82, 2.24) is 10.2 Å². The van der Waals surface area contributed by atoms with E-state index in [1.807, 2.05) is 11.3 Å². The van der Waals surface area contributed by atoms with Crippen LogP contribution < -0.4 is 5.32 Å². The molecule has 1 aliphatic carbocycles. The first kappa shape index (κ1) is 10.8. The maximum Gasteiger partial charge on any atom is 0.0360 e. The SMILES string of the molecule is c1cc([C@H](CC2CC2)N2CCNCC2)cs1. The van der Waals surface area contributed by atoms with Crippen LogP contribution >= 0.6 is 11.3 Å². The Kier molecular flexibility index (Phi) is 3.27. The van der Waals surface area contributed by atoms with Gasteiger partial charge in [0.2, 0.25) is 0 Å². The molecule has 1 atom stereocenters. The molecule has 0 bridgehead atoms. The number of piperazine rings is 1.